The number of amides is 1. The van der Waals surface area contributed by atoms with Crippen LogP contribution in [0.25, 0.3) is 0 Å². The van der Waals surface area contributed by atoms with Gasteiger partial charge in [-0.2, -0.15) is 0 Å². The Kier molecular flexibility index (Phi) is 5.02. The number of carbonyl (C=O) groups excluding carboxylic acids is 1. The number of hydrogen-bond donors (Lipinski definition) is 2. The number of anilines is 2. The monoisotopic (exact) mass is 389 g/mol. The van der Waals surface area contributed by atoms with Gasteiger partial charge >= 0.3 is 0 Å². The summed E-state index contributed by atoms with van der Waals surface area (Å²) in [5.74, 6) is -3.53. The Bertz CT molecular complexity index is 887. The van der Waals surface area contributed by atoms with Gasteiger partial charge in [0.15, 0.2) is 0 Å². The van der Waals surface area contributed by atoms with Crippen molar-refractivity contribution in [1.82, 2.24) is 4.90 Å². The van der Waals surface area contributed by atoms with Crippen LogP contribution < -0.4 is 10.6 Å². The lowest BCUT2D eigenvalue weighted by atomic mass is 9.81. The largest absolute Gasteiger partial charge is 0.384 e. The number of fused-ring (bicyclic) bond motifs is 1. The van der Waals surface area contributed by atoms with Crippen molar-refractivity contribution in [1.29, 1.82) is 0 Å². The van der Waals surface area contributed by atoms with Crippen molar-refractivity contribution < 1.29 is 18.0 Å². The summed E-state index contributed by atoms with van der Waals surface area (Å²) in [6.07, 6.45) is 2.23. The van der Waals surface area contributed by atoms with Crippen LogP contribution in [0.3, 0.4) is 0 Å². The topological polar surface area (TPSA) is 44.4 Å². The van der Waals surface area contributed by atoms with E-state index in [-0.39, 0.29) is 0 Å². The van der Waals surface area contributed by atoms with E-state index in [1.165, 1.54) is 0 Å². The van der Waals surface area contributed by atoms with Crippen LogP contribution in [0, 0.1) is 23.4 Å². The van der Waals surface area contributed by atoms with Crippen molar-refractivity contribution in [2.75, 3.05) is 37.3 Å². The highest BCUT2D eigenvalue weighted by Gasteiger charge is 2.32. The highest BCUT2D eigenvalue weighted by atomic mass is 19.1. The summed E-state index contributed by atoms with van der Waals surface area (Å²) in [6.45, 7) is 2.98. The quantitative estimate of drug-likeness (QED) is 0.827. The summed E-state index contributed by atoms with van der Waals surface area (Å²) in [4.78, 5) is 14.7. The van der Waals surface area contributed by atoms with Gasteiger partial charge < -0.3 is 15.5 Å². The van der Waals surface area contributed by atoms with Crippen molar-refractivity contribution in [3.8, 4) is 0 Å². The first kappa shape index (κ1) is 18.8. The molecule has 0 aliphatic carbocycles. The molecule has 1 atom stereocenters. The van der Waals surface area contributed by atoms with E-state index in [1.807, 2.05) is 12.1 Å². The molecule has 0 aromatic heterocycles. The van der Waals surface area contributed by atoms with Gasteiger partial charge in [-0.15, -0.1) is 0 Å². The summed E-state index contributed by atoms with van der Waals surface area (Å²) in [5, 5.41) is 5.95. The van der Waals surface area contributed by atoms with Crippen LogP contribution in [0.2, 0.25) is 0 Å². The number of likely N-dealkylation sites (tertiary alicyclic amines) is 1. The number of piperidine rings is 1. The van der Waals surface area contributed by atoms with Crippen LogP contribution >= 0.6 is 0 Å². The molecule has 0 radical (unpaired) electrons. The van der Waals surface area contributed by atoms with E-state index < -0.39 is 28.9 Å². The molecule has 1 fully saturated rings. The molecule has 1 unspecified atom stereocenters. The Morgan fingerprint density at radius 3 is 2.46 bits per heavy atom. The zero-order valence-electron chi connectivity index (χ0n) is 15.6. The minimum absolute atomic E-state index is 0.347. The molecule has 1 amide bonds. The van der Waals surface area contributed by atoms with Gasteiger partial charge in [-0.25, -0.2) is 13.2 Å². The second kappa shape index (κ2) is 7.47. The Labute approximate surface area is 161 Å². The molecule has 0 spiro atoms. The molecular formula is C21H22F3N3O. The van der Waals surface area contributed by atoms with Crippen LogP contribution in [0.15, 0.2) is 30.3 Å². The van der Waals surface area contributed by atoms with E-state index in [1.54, 1.807) is 6.07 Å². The van der Waals surface area contributed by atoms with Crippen LogP contribution in [-0.4, -0.2) is 37.5 Å². The highest BCUT2D eigenvalue weighted by molar-refractivity contribution is 6.04. The maximum Gasteiger partial charge on any atom is 0.261 e. The average molecular weight is 389 g/mol. The predicted octanol–water partition coefficient (Wildman–Crippen LogP) is 4.21. The number of hydrogen-bond acceptors (Lipinski definition) is 3. The Balaban J connectivity index is 1.55. The molecule has 0 saturated carbocycles. The Hall–Kier alpha value is -2.54. The fraction of sp³-hybridized carbons (Fsp3) is 0.381. The van der Waals surface area contributed by atoms with E-state index in [4.69, 9.17) is 0 Å². The number of carbonyl (C=O) groups is 1. The first-order valence-electron chi connectivity index (χ1n) is 9.44. The standard InChI is InChI=1S/C21H22F3N3O/c1-27-6-4-12(5-7-27)16-11-25-19-3-2-14(10-15(16)19)26-21(28)20-17(23)8-13(22)9-18(20)24/h2-3,8-10,12,16,25H,4-7,11H2,1H3,(H,26,28). The third kappa shape index (κ3) is 3.58. The number of rotatable bonds is 3. The summed E-state index contributed by atoms with van der Waals surface area (Å²) < 4.78 is 40.8. The molecule has 2 heterocycles. The SMILES string of the molecule is CN1CCC(C2CNc3ccc(NC(=O)c4c(F)cc(F)cc4F)cc32)CC1. The molecule has 1 saturated heterocycles. The Morgan fingerprint density at radius 1 is 1.11 bits per heavy atom. The van der Waals surface area contributed by atoms with Crippen molar-refractivity contribution in [2.24, 2.45) is 5.92 Å². The second-order valence-electron chi connectivity index (χ2n) is 7.63. The van der Waals surface area contributed by atoms with E-state index in [0.29, 0.717) is 29.7 Å². The molecule has 4 rings (SSSR count). The maximum absolute atomic E-state index is 13.9. The number of nitrogens with zero attached hydrogens (tertiary/aromatic N) is 1. The lowest BCUT2D eigenvalue weighted by Gasteiger charge is -2.32. The molecule has 148 valence electrons. The highest BCUT2D eigenvalue weighted by Crippen LogP contribution is 2.41. The van der Waals surface area contributed by atoms with Gasteiger partial charge in [-0.05, 0) is 62.7 Å². The fourth-order valence-corrected chi connectivity index (χ4v) is 4.24. The van der Waals surface area contributed by atoms with Crippen molar-refractivity contribution in [3.63, 3.8) is 0 Å². The fourth-order valence-electron chi connectivity index (χ4n) is 4.24. The van der Waals surface area contributed by atoms with Crippen LogP contribution in [0.4, 0.5) is 24.5 Å². The molecule has 7 heteroatoms. The van der Waals surface area contributed by atoms with Gasteiger partial charge in [0.2, 0.25) is 0 Å². The van der Waals surface area contributed by atoms with Gasteiger partial charge in [0.25, 0.3) is 5.91 Å². The molecular weight excluding hydrogens is 367 g/mol. The summed E-state index contributed by atoms with van der Waals surface area (Å²) in [5.41, 5.74) is 1.83. The third-order valence-corrected chi connectivity index (χ3v) is 5.79. The molecule has 28 heavy (non-hydrogen) atoms. The second-order valence-corrected chi connectivity index (χ2v) is 7.63. The molecule has 2 aliphatic rings. The lowest BCUT2D eigenvalue weighted by molar-refractivity contribution is 0.101. The zero-order valence-corrected chi connectivity index (χ0v) is 15.6. The zero-order chi connectivity index (χ0) is 19.8. The molecule has 2 aromatic carbocycles. The first-order chi connectivity index (χ1) is 13.4. The third-order valence-electron chi connectivity index (χ3n) is 5.79. The van der Waals surface area contributed by atoms with Crippen LogP contribution in [-0.2, 0) is 0 Å². The van der Waals surface area contributed by atoms with Crippen molar-refractivity contribution in [3.05, 3.63) is 58.9 Å². The normalized spacial score (nSPS) is 19.9. The molecule has 4 nitrogen and oxygen atoms in total. The minimum atomic E-state index is -1.22. The summed E-state index contributed by atoms with van der Waals surface area (Å²) >= 11 is 0. The maximum atomic E-state index is 13.9. The smallest absolute Gasteiger partial charge is 0.261 e. The number of halogens is 3. The average Bonchev–Trinajstić information content (AvgIpc) is 3.04. The van der Waals surface area contributed by atoms with E-state index >= 15 is 0 Å². The van der Waals surface area contributed by atoms with Crippen molar-refractivity contribution in [2.45, 2.75) is 18.8 Å². The van der Waals surface area contributed by atoms with Gasteiger partial charge in [0.05, 0.1) is 0 Å². The Morgan fingerprint density at radius 2 is 1.79 bits per heavy atom. The predicted molar refractivity (Wildman–Crippen MR) is 102 cm³/mol. The molecule has 2 N–H and O–H groups in total. The van der Waals surface area contributed by atoms with E-state index in [0.717, 1.165) is 43.7 Å². The van der Waals surface area contributed by atoms with E-state index in [2.05, 4.69) is 22.6 Å². The summed E-state index contributed by atoms with van der Waals surface area (Å²) in [6, 6.07) is 6.44. The molecule has 2 aromatic rings. The number of benzene rings is 2. The van der Waals surface area contributed by atoms with Gasteiger partial charge in [-0.1, -0.05) is 0 Å². The summed E-state index contributed by atoms with van der Waals surface area (Å²) in [7, 11) is 2.12. The van der Waals surface area contributed by atoms with E-state index in [9.17, 15) is 18.0 Å². The minimum Gasteiger partial charge on any atom is -0.384 e. The van der Waals surface area contributed by atoms with Gasteiger partial charge in [0.1, 0.15) is 23.0 Å². The van der Waals surface area contributed by atoms with Crippen molar-refractivity contribution >= 4 is 17.3 Å². The molecule has 0 bridgehead atoms. The lowest BCUT2D eigenvalue weighted by Crippen LogP contribution is -2.33. The number of nitrogens with one attached hydrogen (secondary N) is 2. The van der Waals surface area contributed by atoms with Crippen LogP contribution in [0.1, 0.15) is 34.7 Å². The van der Waals surface area contributed by atoms with Crippen LogP contribution in [0.5, 0.6) is 0 Å². The molecule has 2 aliphatic heterocycles. The van der Waals surface area contributed by atoms with Gasteiger partial charge in [0, 0.05) is 36.0 Å². The van der Waals surface area contributed by atoms with Gasteiger partial charge in [-0.3, -0.25) is 4.79 Å². The first-order valence-corrected chi connectivity index (χ1v) is 9.44.